The second-order valence-corrected chi connectivity index (χ2v) is 8.75. The van der Waals surface area contributed by atoms with Gasteiger partial charge in [-0.15, -0.1) is 0 Å². The quantitative estimate of drug-likeness (QED) is 0.459. The van der Waals surface area contributed by atoms with E-state index in [4.69, 9.17) is 9.52 Å². The zero-order chi connectivity index (χ0) is 23.5. The Morgan fingerprint density at radius 2 is 1.91 bits per heavy atom. The van der Waals surface area contributed by atoms with Crippen molar-refractivity contribution in [3.05, 3.63) is 89.0 Å². The largest absolute Gasteiger partial charge is 0.375 e. The number of hydrogen-bond donors (Lipinski definition) is 3. The molecule has 1 aliphatic heterocycles. The van der Waals surface area contributed by atoms with Crippen LogP contribution in [0.4, 0.5) is 18.9 Å². The van der Waals surface area contributed by atoms with Gasteiger partial charge < -0.3 is 14.6 Å². The van der Waals surface area contributed by atoms with Crippen LogP contribution in [0.1, 0.15) is 21.6 Å². The van der Waals surface area contributed by atoms with E-state index < -0.39 is 34.2 Å². The molecule has 0 saturated heterocycles. The predicted molar refractivity (Wildman–Crippen MR) is 120 cm³/mol. The van der Waals surface area contributed by atoms with Crippen LogP contribution in [-0.2, 0) is 29.3 Å². The third-order valence-electron chi connectivity index (χ3n) is 5.03. The van der Waals surface area contributed by atoms with E-state index in [9.17, 15) is 18.0 Å². The number of carbonyl (C=O) groups is 1. The van der Waals surface area contributed by atoms with Gasteiger partial charge in [0, 0.05) is 36.6 Å². The minimum atomic E-state index is -1.60. The molecule has 0 fully saturated rings. The van der Waals surface area contributed by atoms with Crippen LogP contribution in [0.2, 0.25) is 0 Å². The zero-order valence-electron chi connectivity index (χ0n) is 17.6. The number of halogens is 3. The maximum absolute atomic E-state index is 13.5. The van der Waals surface area contributed by atoms with Gasteiger partial charge in [-0.25, -0.2) is 17.9 Å². The summed E-state index contributed by atoms with van der Waals surface area (Å²) in [5.74, 6) is -5.03. The monoisotopic (exact) mass is 474 g/mol. The van der Waals surface area contributed by atoms with Crippen molar-refractivity contribution in [1.82, 2.24) is 9.29 Å². The summed E-state index contributed by atoms with van der Waals surface area (Å²) in [4.78, 5) is 13.5. The van der Waals surface area contributed by atoms with E-state index in [1.54, 1.807) is 23.9 Å². The molecule has 1 amide bonds. The highest BCUT2D eigenvalue weighted by molar-refractivity contribution is 7.84. The number of ether oxygens (including phenoxy) is 1. The van der Waals surface area contributed by atoms with Gasteiger partial charge in [-0.3, -0.25) is 9.57 Å². The van der Waals surface area contributed by atoms with E-state index in [-0.39, 0.29) is 17.4 Å². The molecule has 172 valence electrons. The number of nitrogens with zero attached hydrogens (tertiary/aromatic N) is 1. The van der Waals surface area contributed by atoms with Gasteiger partial charge in [-0.05, 0) is 16.4 Å². The lowest BCUT2D eigenvalue weighted by molar-refractivity contribution is 0.101. The summed E-state index contributed by atoms with van der Waals surface area (Å²) in [6.07, 6.45) is 5.22. The molecule has 0 saturated carbocycles. The lowest BCUT2D eigenvalue weighted by atomic mass is 10.1. The summed E-state index contributed by atoms with van der Waals surface area (Å²) in [6.45, 7) is 0.769. The second kappa shape index (κ2) is 9.74. The maximum Gasteiger partial charge on any atom is 0.272 e. The fourth-order valence-electron chi connectivity index (χ4n) is 3.47. The average Bonchev–Trinajstić information content (AvgIpc) is 3.04. The number of amides is 1. The molecule has 0 aliphatic carbocycles. The predicted octanol–water partition coefficient (Wildman–Crippen LogP) is 4.55. The Bertz CT molecular complexity index is 1220. The Balaban J connectivity index is 1.51. The summed E-state index contributed by atoms with van der Waals surface area (Å²) < 4.78 is 59.2. The number of nitrogens with one attached hydrogen (secondary N) is 3. The molecule has 2 unspecified atom stereocenters. The van der Waals surface area contributed by atoms with Gasteiger partial charge in [0.05, 0.1) is 24.2 Å². The van der Waals surface area contributed by atoms with E-state index >= 15 is 0 Å². The van der Waals surface area contributed by atoms with E-state index in [2.05, 4.69) is 10.0 Å². The molecule has 10 heteroatoms. The summed E-state index contributed by atoms with van der Waals surface area (Å²) in [5, 5.41) is 2.40. The highest BCUT2D eigenvalue weighted by atomic mass is 32.2. The number of hydrogen-bond acceptors (Lipinski definition) is 3. The third-order valence-corrected chi connectivity index (χ3v) is 6.34. The first-order chi connectivity index (χ1) is 15.8. The zero-order valence-corrected chi connectivity index (χ0v) is 18.4. The van der Waals surface area contributed by atoms with Crippen LogP contribution in [0.5, 0.6) is 0 Å². The topological polar surface area (TPSA) is 79.1 Å². The van der Waals surface area contributed by atoms with Crippen molar-refractivity contribution in [2.45, 2.75) is 17.5 Å². The number of benzene rings is 2. The molecule has 6 nitrogen and oxygen atoms in total. The molecule has 0 bridgehead atoms. The summed E-state index contributed by atoms with van der Waals surface area (Å²) >= 11 is 0. The van der Waals surface area contributed by atoms with Crippen molar-refractivity contribution in [1.29, 1.82) is 4.78 Å². The van der Waals surface area contributed by atoms with Crippen LogP contribution in [0, 0.1) is 22.2 Å². The number of aryl methyl sites for hydroxylation is 1. The van der Waals surface area contributed by atoms with E-state index in [1.165, 1.54) is 0 Å². The Labute approximate surface area is 191 Å². The van der Waals surface area contributed by atoms with Gasteiger partial charge in [0.25, 0.3) is 5.91 Å². The molecule has 4 rings (SSSR count). The van der Waals surface area contributed by atoms with Crippen molar-refractivity contribution in [3.8, 4) is 0 Å². The Morgan fingerprint density at radius 3 is 2.61 bits per heavy atom. The number of fused-ring (bicyclic) bond motifs is 1. The van der Waals surface area contributed by atoms with Crippen LogP contribution < -0.4 is 10.0 Å². The van der Waals surface area contributed by atoms with Crippen LogP contribution in [0.15, 0.2) is 59.6 Å². The first kappa shape index (κ1) is 23.0. The van der Waals surface area contributed by atoms with Crippen molar-refractivity contribution in [2.75, 3.05) is 11.9 Å². The number of carbonyl (C=O) groups excluding carboxylic acids is 1. The molecule has 1 aliphatic rings. The fourth-order valence-corrected chi connectivity index (χ4v) is 4.70. The molecule has 33 heavy (non-hydrogen) atoms. The van der Waals surface area contributed by atoms with Gasteiger partial charge in [0.2, 0.25) is 0 Å². The van der Waals surface area contributed by atoms with E-state index in [0.29, 0.717) is 35.8 Å². The molecular formula is C23H21F3N4O2S. The lowest BCUT2D eigenvalue weighted by Crippen LogP contribution is -2.31. The smallest absolute Gasteiger partial charge is 0.272 e. The number of anilines is 1. The summed E-state index contributed by atoms with van der Waals surface area (Å²) in [6, 6.07) is 10.9. The third kappa shape index (κ3) is 5.08. The van der Waals surface area contributed by atoms with Crippen molar-refractivity contribution in [2.24, 2.45) is 7.05 Å². The highest BCUT2D eigenvalue weighted by Crippen LogP contribution is 2.26. The van der Waals surface area contributed by atoms with Gasteiger partial charge in [0.1, 0.15) is 5.69 Å². The molecule has 0 spiro atoms. The number of rotatable bonds is 6. The van der Waals surface area contributed by atoms with Gasteiger partial charge in [0.15, 0.2) is 17.5 Å². The minimum Gasteiger partial charge on any atom is -0.375 e. The van der Waals surface area contributed by atoms with Crippen molar-refractivity contribution >= 4 is 28.5 Å². The first-order valence-electron chi connectivity index (χ1n) is 10.00. The molecule has 0 radical (unpaired) electrons. The lowest BCUT2D eigenvalue weighted by Gasteiger charge is -2.14. The molecule has 3 aromatic rings. The molecule has 2 heterocycles. The van der Waals surface area contributed by atoms with Crippen molar-refractivity contribution < 1.29 is 22.7 Å². The normalized spacial score (nSPS) is 17.5. The standard InChI is InChI=1S/C23H21F3N4O2S/c1-30-11-20-17(22(30)23(31)28-16-9-18(24)21(26)19(25)10-16)8-7-15(29-33(20)27)13-32-12-14-5-3-2-4-6-14/h2-11,15H,12-13H2,1H3,(H2,27,29)(H,28,31). The fraction of sp³-hybridized carbons (Fsp3) is 0.174. The van der Waals surface area contributed by atoms with E-state index in [1.807, 2.05) is 36.4 Å². The minimum absolute atomic E-state index is 0.209. The van der Waals surface area contributed by atoms with Crippen LogP contribution >= 0.6 is 0 Å². The molecule has 2 aromatic carbocycles. The molecular weight excluding hydrogens is 453 g/mol. The van der Waals surface area contributed by atoms with E-state index in [0.717, 1.165) is 5.56 Å². The second-order valence-electron chi connectivity index (χ2n) is 7.46. The highest BCUT2D eigenvalue weighted by Gasteiger charge is 2.24. The molecule has 3 N–H and O–H groups in total. The summed E-state index contributed by atoms with van der Waals surface area (Å²) in [5.41, 5.74) is 1.56. The first-order valence-corrected chi connectivity index (χ1v) is 11.2. The van der Waals surface area contributed by atoms with Crippen molar-refractivity contribution in [3.63, 3.8) is 0 Å². The Kier molecular flexibility index (Phi) is 6.77. The van der Waals surface area contributed by atoms with Gasteiger partial charge in [-0.2, -0.15) is 0 Å². The van der Waals surface area contributed by atoms with Crippen LogP contribution in [-0.4, -0.2) is 23.1 Å². The number of aromatic nitrogens is 1. The SMILES string of the molecule is Cn1cc2c(c1C(=O)Nc1cc(F)c(F)c(F)c1)C=CC(COCc1ccccc1)NS2=N. The van der Waals surface area contributed by atoms with Gasteiger partial charge >= 0.3 is 0 Å². The molecule has 1 aromatic heterocycles. The average molecular weight is 475 g/mol. The van der Waals surface area contributed by atoms with Crippen LogP contribution in [0.3, 0.4) is 0 Å². The summed E-state index contributed by atoms with van der Waals surface area (Å²) in [7, 11) is 0.503. The maximum atomic E-state index is 13.5. The van der Waals surface area contributed by atoms with Crippen LogP contribution in [0.25, 0.3) is 6.08 Å². The van der Waals surface area contributed by atoms with Gasteiger partial charge in [-0.1, -0.05) is 42.5 Å². The Morgan fingerprint density at radius 1 is 1.21 bits per heavy atom. The molecule has 2 atom stereocenters. The Hall–Kier alpha value is -3.21.